The van der Waals surface area contributed by atoms with E-state index in [0.717, 1.165) is 22.8 Å². The summed E-state index contributed by atoms with van der Waals surface area (Å²) in [6.07, 6.45) is 0.880. The Morgan fingerprint density at radius 2 is 2.40 bits per heavy atom. The summed E-state index contributed by atoms with van der Waals surface area (Å²) in [5, 5.41) is 7.49. The minimum Gasteiger partial charge on any atom is -0.395 e. The third-order valence-electron chi connectivity index (χ3n) is 2.13. The lowest BCUT2D eigenvalue weighted by atomic mass is 10.3. The molecule has 2 rings (SSSR count). The SMILES string of the molecule is CCc1nn(C)c(Sc2cccs2)c1N. The Morgan fingerprint density at radius 3 is 2.93 bits per heavy atom. The third kappa shape index (κ3) is 2.03. The second kappa shape index (κ2) is 4.28. The number of nitrogens with two attached hydrogens (primary N) is 1. The van der Waals surface area contributed by atoms with Crippen molar-refractivity contribution in [3.05, 3.63) is 23.2 Å². The number of hydrogen-bond donors (Lipinski definition) is 1. The van der Waals surface area contributed by atoms with E-state index in [1.807, 2.05) is 17.8 Å². The van der Waals surface area contributed by atoms with Crippen molar-refractivity contribution >= 4 is 28.8 Å². The van der Waals surface area contributed by atoms with Gasteiger partial charge in [-0.15, -0.1) is 11.3 Å². The van der Waals surface area contributed by atoms with Gasteiger partial charge in [-0.05, 0) is 17.9 Å². The lowest BCUT2D eigenvalue weighted by molar-refractivity contribution is 0.688. The molecule has 5 heteroatoms. The van der Waals surface area contributed by atoms with Gasteiger partial charge in [0, 0.05) is 7.05 Å². The molecule has 0 bridgehead atoms. The van der Waals surface area contributed by atoms with E-state index in [1.165, 1.54) is 4.21 Å². The summed E-state index contributed by atoms with van der Waals surface area (Å²) in [6.45, 7) is 2.07. The number of hydrogen-bond acceptors (Lipinski definition) is 4. The summed E-state index contributed by atoms with van der Waals surface area (Å²) in [5.41, 5.74) is 7.83. The van der Waals surface area contributed by atoms with E-state index in [0.29, 0.717) is 0 Å². The molecule has 80 valence electrons. The van der Waals surface area contributed by atoms with E-state index >= 15 is 0 Å². The predicted molar refractivity (Wildman–Crippen MR) is 65.4 cm³/mol. The Bertz CT molecular complexity index is 445. The molecule has 0 unspecified atom stereocenters. The van der Waals surface area contributed by atoms with E-state index in [9.17, 15) is 0 Å². The Kier molecular flexibility index (Phi) is 3.02. The summed E-state index contributed by atoms with van der Waals surface area (Å²) in [5.74, 6) is 0. The standard InChI is InChI=1S/C10H13N3S2/c1-3-7-9(11)10(13(2)12-7)15-8-5-4-6-14-8/h4-6H,3,11H2,1-2H3. The van der Waals surface area contributed by atoms with Crippen molar-refractivity contribution in [2.75, 3.05) is 5.73 Å². The van der Waals surface area contributed by atoms with Gasteiger partial charge in [0.25, 0.3) is 0 Å². The molecule has 0 radical (unpaired) electrons. The zero-order chi connectivity index (χ0) is 10.8. The van der Waals surface area contributed by atoms with Crippen molar-refractivity contribution in [3.63, 3.8) is 0 Å². The van der Waals surface area contributed by atoms with Gasteiger partial charge in [-0.25, -0.2) is 0 Å². The third-order valence-corrected chi connectivity index (χ3v) is 4.35. The fourth-order valence-electron chi connectivity index (χ4n) is 1.38. The minimum atomic E-state index is 0.818. The average Bonchev–Trinajstić information content (AvgIpc) is 2.81. The fraction of sp³-hybridized carbons (Fsp3) is 0.300. The van der Waals surface area contributed by atoms with Crippen LogP contribution in [-0.2, 0) is 13.5 Å². The molecular formula is C10H13N3S2. The smallest absolute Gasteiger partial charge is 0.122 e. The van der Waals surface area contributed by atoms with Crippen molar-refractivity contribution in [1.82, 2.24) is 9.78 Å². The summed E-state index contributed by atoms with van der Waals surface area (Å²) in [4.78, 5) is 0. The van der Waals surface area contributed by atoms with Crippen LogP contribution in [0.25, 0.3) is 0 Å². The normalized spacial score (nSPS) is 10.8. The van der Waals surface area contributed by atoms with Crippen LogP contribution >= 0.6 is 23.1 Å². The molecule has 15 heavy (non-hydrogen) atoms. The van der Waals surface area contributed by atoms with Crippen LogP contribution in [0.2, 0.25) is 0 Å². The molecule has 0 aromatic carbocycles. The first-order chi connectivity index (χ1) is 7.22. The highest BCUT2D eigenvalue weighted by molar-refractivity contribution is 8.01. The molecule has 0 saturated carbocycles. The largest absolute Gasteiger partial charge is 0.395 e. The molecule has 0 amide bonds. The van der Waals surface area contributed by atoms with Gasteiger partial charge in [0.2, 0.25) is 0 Å². The molecule has 0 atom stereocenters. The number of nitrogen functional groups attached to an aromatic ring is 1. The van der Waals surface area contributed by atoms with Crippen LogP contribution in [0, 0.1) is 0 Å². The molecule has 2 aromatic heterocycles. The topological polar surface area (TPSA) is 43.8 Å². The van der Waals surface area contributed by atoms with E-state index in [-0.39, 0.29) is 0 Å². The predicted octanol–water partition coefficient (Wildman–Crippen LogP) is 2.78. The fourth-order valence-corrected chi connectivity index (χ4v) is 3.16. The van der Waals surface area contributed by atoms with Gasteiger partial charge in [-0.2, -0.15) is 5.10 Å². The lowest BCUT2D eigenvalue weighted by Gasteiger charge is -2.00. The first-order valence-electron chi connectivity index (χ1n) is 4.75. The monoisotopic (exact) mass is 239 g/mol. The molecule has 0 fully saturated rings. The second-order valence-corrected chi connectivity index (χ2v) is 5.41. The van der Waals surface area contributed by atoms with Gasteiger partial charge in [0.15, 0.2) is 0 Å². The molecule has 3 nitrogen and oxygen atoms in total. The van der Waals surface area contributed by atoms with Crippen molar-refractivity contribution in [1.29, 1.82) is 0 Å². The highest BCUT2D eigenvalue weighted by atomic mass is 32.2. The Balaban J connectivity index is 2.32. The molecule has 2 heterocycles. The zero-order valence-corrected chi connectivity index (χ0v) is 10.4. The summed E-state index contributed by atoms with van der Waals surface area (Å²) < 4.78 is 3.10. The van der Waals surface area contributed by atoms with Crippen molar-refractivity contribution in [2.45, 2.75) is 22.6 Å². The molecular weight excluding hydrogens is 226 g/mol. The number of rotatable bonds is 3. The van der Waals surface area contributed by atoms with Crippen molar-refractivity contribution in [3.8, 4) is 0 Å². The second-order valence-electron chi connectivity index (χ2n) is 3.18. The Hall–Kier alpha value is -0.940. The maximum absolute atomic E-state index is 6.03. The number of thiophene rings is 1. The molecule has 2 aromatic rings. The summed E-state index contributed by atoms with van der Waals surface area (Å²) >= 11 is 3.40. The number of aryl methyl sites for hydroxylation is 2. The number of nitrogens with zero attached hydrogens (tertiary/aromatic N) is 2. The van der Waals surface area contributed by atoms with Gasteiger partial charge in [-0.3, -0.25) is 4.68 Å². The van der Waals surface area contributed by atoms with Crippen LogP contribution in [0.1, 0.15) is 12.6 Å². The van der Waals surface area contributed by atoms with E-state index in [2.05, 4.69) is 23.5 Å². The quantitative estimate of drug-likeness (QED) is 0.895. The highest BCUT2D eigenvalue weighted by Gasteiger charge is 2.13. The van der Waals surface area contributed by atoms with E-state index in [1.54, 1.807) is 23.1 Å². The maximum Gasteiger partial charge on any atom is 0.122 e. The molecule has 0 aliphatic heterocycles. The van der Waals surface area contributed by atoms with Crippen LogP contribution in [-0.4, -0.2) is 9.78 Å². The average molecular weight is 239 g/mol. The van der Waals surface area contributed by atoms with Crippen LogP contribution in [0.4, 0.5) is 5.69 Å². The van der Waals surface area contributed by atoms with Gasteiger partial charge >= 0.3 is 0 Å². The molecule has 2 N–H and O–H groups in total. The Labute approximate surface area is 97.3 Å². The molecule has 0 spiro atoms. The lowest BCUT2D eigenvalue weighted by Crippen LogP contribution is -1.93. The minimum absolute atomic E-state index is 0.818. The first-order valence-corrected chi connectivity index (χ1v) is 6.44. The molecule has 0 saturated heterocycles. The summed E-state index contributed by atoms with van der Waals surface area (Å²) in [6, 6.07) is 4.13. The number of anilines is 1. The van der Waals surface area contributed by atoms with Crippen molar-refractivity contribution < 1.29 is 0 Å². The molecule has 0 aliphatic rings. The van der Waals surface area contributed by atoms with Crippen LogP contribution in [0.15, 0.2) is 26.7 Å². The summed E-state index contributed by atoms with van der Waals surface area (Å²) in [7, 11) is 1.94. The van der Waals surface area contributed by atoms with Gasteiger partial charge < -0.3 is 5.73 Å². The van der Waals surface area contributed by atoms with E-state index < -0.39 is 0 Å². The van der Waals surface area contributed by atoms with Crippen LogP contribution in [0.3, 0.4) is 0 Å². The highest BCUT2D eigenvalue weighted by Crippen LogP contribution is 2.35. The van der Waals surface area contributed by atoms with Crippen molar-refractivity contribution in [2.24, 2.45) is 7.05 Å². The first kappa shape index (κ1) is 10.6. The van der Waals surface area contributed by atoms with E-state index in [4.69, 9.17) is 5.73 Å². The zero-order valence-electron chi connectivity index (χ0n) is 8.73. The van der Waals surface area contributed by atoms with Gasteiger partial charge in [0.05, 0.1) is 15.6 Å². The van der Waals surface area contributed by atoms with Crippen LogP contribution < -0.4 is 5.73 Å². The maximum atomic E-state index is 6.03. The molecule has 0 aliphatic carbocycles. The van der Waals surface area contributed by atoms with Gasteiger partial charge in [0.1, 0.15) is 5.03 Å². The van der Waals surface area contributed by atoms with Crippen LogP contribution in [0.5, 0.6) is 0 Å². The van der Waals surface area contributed by atoms with Gasteiger partial charge in [-0.1, -0.05) is 24.8 Å². The number of aromatic nitrogens is 2. The Morgan fingerprint density at radius 1 is 1.60 bits per heavy atom.